The lowest BCUT2D eigenvalue weighted by Gasteiger charge is -2.17. The van der Waals surface area contributed by atoms with E-state index in [2.05, 4.69) is 27.9 Å². The predicted octanol–water partition coefficient (Wildman–Crippen LogP) is 2.94. The monoisotopic (exact) mass is 430 g/mol. The molecule has 7 heteroatoms. The molecule has 2 aromatic rings. The Bertz CT molecular complexity index is 789. The Balaban J connectivity index is 2.20. The van der Waals surface area contributed by atoms with Crippen molar-refractivity contribution in [1.82, 2.24) is 0 Å². The molecule has 0 radical (unpaired) electrons. The second-order valence-electron chi connectivity index (χ2n) is 4.74. The van der Waals surface area contributed by atoms with Crippen LogP contribution < -0.4 is 9.62 Å². The highest BCUT2D eigenvalue weighted by Crippen LogP contribution is 2.21. The standard InChI is InChI=1S/C15H15IN2O3S/c1-18(22(2,20)21)14-5-3-4-13(10-14)17-15(19)11-6-8-12(16)9-7-11/h3-10H,1-2H3,(H,17,19). The lowest BCUT2D eigenvalue weighted by molar-refractivity contribution is 0.102. The second-order valence-corrected chi connectivity index (χ2v) is 8.00. The van der Waals surface area contributed by atoms with Crippen molar-refractivity contribution in [1.29, 1.82) is 0 Å². The summed E-state index contributed by atoms with van der Waals surface area (Å²) in [6.07, 6.45) is 1.13. The molecule has 22 heavy (non-hydrogen) atoms. The van der Waals surface area contributed by atoms with Crippen molar-refractivity contribution < 1.29 is 13.2 Å². The number of hydrogen-bond acceptors (Lipinski definition) is 3. The molecular formula is C15H15IN2O3S. The maximum atomic E-state index is 12.2. The highest BCUT2D eigenvalue weighted by atomic mass is 127. The van der Waals surface area contributed by atoms with Gasteiger partial charge in [-0.15, -0.1) is 0 Å². The number of nitrogens with zero attached hydrogens (tertiary/aromatic N) is 1. The second kappa shape index (κ2) is 6.66. The Hall–Kier alpha value is -1.61. The topological polar surface area (TPSA) is 66.5 Å². The number of hydrogen-bond donors (Lipinski definition) is 1. The number of carbonyl (C=O) groups excluding carboxylic acids is 1. The zero-order chi connectivity index (χ0) is 16.3. The Labute approximate surface area is 143 Å². The highest BCUT2D eigenvalue weighted by molar-refractivity contribution is 14.1. The number of rotatable bonds is 4. The smallest absolute Gasteiger partial charge is 0.255 e. The van der Waals surface area contributed by atoms with Gasteiger partial charge in [-0.2, -0.15) is 0 Å². The molecule has 1 N–H and O–H groups in total. The number of benzene rings is 2. The summed E-state index contributed by atoms with van der Waals surface area (Å²) in [7, 11) is -1.87. The summed E-state index contributed by atoms with van der Waals surface area (Å²) in [5, 5.41) is 2.76. The van der Waals surface area contributed by atoms with Gasteiger partial charge < -0.3 is 5.32 Å². The number of halogens is 1. The van der Waals surface area contributed by atoms with Crippen LogP contribution in [0.15, 0.2) is 48.5 Å². The number of amides is 1. The van der Waals surface area contributed by atoms with Crippen LogP contribution in [0.4, 0.5) is 11.4 Å². The minimum absolute atomic E-state index is 0.240. The van der Waals surface area contributed by atoms with E-state index in [1.54, 1.807) is 36.4 Å². The van der Waals surface area contributed by atoms with E-state index in [0.717, 1.165) is 14.1 Å². The summed E-state index contributed by atoms with van der Waals surface area (Å²) < 4.78 is 25.3. The van der Waals surface area contributed by atoms with Gasteiger partial charge in [0.2, 0.25) is 10.0 Å². The summed E-state index contributed by atoms with van der Waals surface area (Å²) in [5.41, 5.74) is 1.57. The molecule has 0 aromatic heterocycles. The maximum absolute atomic E-state index is 12.2. The molecule has 0 saturated carbocycles. The van der Waals surface area contributed by atoms with Crippen LogP contribution in [-0.2, 0) is 10.0 Å². The van der Waals surface area contributed by atoms with E-state index in [-0.39, 0.29) is 5.91 Å². The van der Waals surface area contributed by atoms with Crippen LogP contribution >= 0.6 is 22.6 Å². The maximum Gasteiger partial charge on any atom is 0.255 e. The molecule has 0 bridgehead atoms. The molecule has 0 aliphatic carbocycles. The zero-order valence-corrected chi connectivity index (χ0v) is 15.1. The summed E-state index contributed by atoms with van der Waals surface area (Å²) in [6, 6.07) is 13.9. The molecule has 0 spiro atoms. The molecule has 0 aliphatic heterocycles. The first-order chi connectivity index (χ1) is 10.3. The van der Waals surface area contributed by atoms with Gasteiger partial charge in [0.05, 0.1) is 11.9 Å². The average Bonchev–Trinajstić information content (AvgIpc) is 2.46. The molecule has 5 nitrogen and oxygen atoms in total. The number of carbonyl (C=O) groups is 1. The molecule has 0 saturated heterocycles. The molecular weight excluding hydrogens is 415 g/mol. The summed E-state index contributed by atoms with van der Waals surface area (Å²) in [6.45, 7) is 0. The molecule has 2 aromatic carbocycles. The van der Waals surface area contributed by atoms with Crippen molar-refractivity contribution in [2.45, 2.75) is 0 Å². The van der Waals surface area contributed by atoms with Gasteiger partial charge in [0.25, 0.3) is 5.91 Å². The van der Waals surface area contributed by atoms with E-state index in [1.807, 2.05) is 12.1 Å². The van der Waals surface area contributed by atoms with Crippen molar-refractivity contribution in [2.75, 3.05) is 22.9 Å². The van der Waals surface area contributed by atoms with Crippen LogP contribution in [0.5, 0.6) is 0 Å². The van der Waals surface area contributed by atoms with Crippen molar-refractivity contribution in [3.63, 3.8) is 0 Å². The van der Waals surface area contributed by atoms with Crippen molar-refractivity contribution in [2.24, 2.45) is 0 Å². The quantitative estimate of drug-likeness (QED) is 0.759. The van der Waals surface area contributed by atoms with E-state index in [9.17, 15) is 13.2 Å². The normalized spacial score (nSPS) is 11.0. The fraction of sp³-hybridized carbons (Fsp3) is 0.133. The minimum Gasteiger partial charge on any atom is -0.322 e. The first kappa shape index (κ1) is 16.8. The summed E-state index contributed by atoms with van der Waals surface area (Å²) >= 11 is 2.17. The van der Waals surface area contributed by atoms with Gasteiger partial charge in [0.1, 0.15) is 0 Å². The molecule has 2 rings (SSSR count). The first-order valence-corrected chi connectivity index (χ1v) is 9.31. The Morgan fingerprint density at radius 3 is 2.36 bits per heavy atom. The summed E-state index contributed by atoms with van der Waals surface area (Å²) in [4.78, 5) is 12.2. The molecule has 1 amide bonds. The van der Waals surface area contributed by atoms with Crippen LogP contribution in [0.25, 0.3) is 0 Å². The van der Waals surface area contributed by atoms with E-state index in [0.29, 0.717) is 16.9 Å². The minimum atomic E-state index is -3.34. The fourth-order valence-electron chi connectivity index (χ4n) is 1.78. The van der Waals surface area contributed by atoms with E-state index >= 15 is 0 Å². The molecule has 116 valence electrons. The van der Waals surface area contributed by atoms with Gasteiger partial charge in [-0.05, 0) is 65.1 Å². The van der Waals surface area contributed by atoms with Crippen LogP contribution in [-0.4, -0.2) is 27.6 Å². The van der Waals surface area contributed by atoms with Gasteiger partial charge in [0.15, 0.2) is 0 Å². The fourth-order valence-corrected chi connectivity index (χ4v) is 2.63. The third-order valence-electron chi connectivity index (χ3n) is 3.07. The third kappa shape index (κ3) is 4.20. The SMILES string of the molecule is CN(c1cccc(NC(=O)c2ccc(I)cc2)c1)S(C)(=O)=O. The summed E-state index contributed by atoms with van der Waals surface area (Å²) in [5.74, 6) is -0.240. The van der Waals surface area contributed by atoms with Crippen LogP contribution in [0.3, 0.4) is 0 Å². The number of anilines is 2. The average molecular weight is 430 g/mol. The van der Waals surface area contributed by atoms with Gasteiger partial charge in [-0.25, -0.2) is 8.42 Å². The van der Waals surface area contributed by atoms with Crippen molar-refractivity contribution >= 4 is 49.9 Å². The lowest BCUT2D eigenvalue weighted by atomic mass is 10.2. The third-order valence-corrected chi connectivity index (χ3v) is 5.00. The molecule has 0 fully saturated rings. The molecule has 0 atom stereocenters. The molecule has 0 unspecified atom stereocenters. The lowest BCUT2D eigenvalue weighted by Crippen LogP contribution is -2.24. The van der Waals surface area contributed by atoms with Gasteiger partial charge >= 0.3 is 0 Å². The zero-order valence-electron chi connectivity index (χ0n) is 12.1. The molecule has 0 aliphatic rings. The Morgan fingerprint density at radius 2 is 1.77 bits per heavy atom. The van der Waals surface area contributed by atoms with Crippen LogP contribution in [0, 0.1) is 3.57 Å². The Kier molecular flexibility index (Phi) is 5.07. The predicted molar refractivity (Wildman–Crippen MR) is 96.8 cm³/mol. The Morgan fingerprint density at radius 1 is 1.14 bits per heavy atom. The highest BCUT2D eigenvalue weighted by Gasteiger charge is 2.13. The van der Waals surface area contributed by atoms with Crippen LogP contribution in [0.1, 0.15) is 10.4 Å². The van der Waals surface area contributed by atoms with E-state index in [1.165, 1.54) is 7.05 Å². The van der Waals surface area contributed by atoms with Gasteiger partial charge in [-0.1, -0.05) is 6.07 Å². The van der Waals surface area contributed by atoms with Gasteiger partial charge in [0, 0.05) is 21.9 Å². The largest absolute Gasteiger partial charge is 0.322 e. The number of sulfonamides is 1. The van der Waals surface area contributed by atoms with Crippen LogP contribution in [0.2, 0.25) is 0 Å². The van der Waals surface area contributed by atoms with E-state index in [4.69, 9.17) is 0 Å². The number of nitrogens with one attached hydrogen (secondary N) is 1. The van der Waals surface area contributed by atoms with Crippen molar-refractivity contribution in [3.8, 4) is 0 Å². The first-order valence-electron chi connectivity index (χ1n) is 6.38. The van der Waals surface area contributed by atoms with E-state index < -0.39 is 10.0 Å². The van der Waals surface area contributed by atoms with Gasteiger partial charge in [-0.3, -0.25) is 9.10 Å². The molecule has 0 heterocycles. The van der Waals surface area contributed by atoms with Crippen molar-refractivity contribution in [3.05, 3.63) is 57.7 Å².